The highest BCUT2D eigenvalue weighted by Crippen LogP contribution is 2.33. The zero-order valence-electron chi connectivity index (χ0n) is 15.7. The van der Waals surface area contributed by atoms with Crippen molar-refractivity contribution in [2.45, 2.75) is 30.0 Å². The molecule has 2 aromatic heterocycles. The largest absolute Gasteiger partial charge is 0.450 e. The van der Waals surface area contributed by atoms with Gasteiger partial charge in [0.2, 0.25) is 5.91 Å². The molecule has 1 aliphatic heterocycles. The normalized spacial score (nSPS) is 16.9. The van der Waals surface area contributed by atoms with Gasteiger partial charge in [-0.1, -0.05) is 11.6 Å². The first-order valence-corrected chi connectivity index (χ1v) is 12.4. The van der Waals surface area contributed by atoms with E-state index in [9.17, 15) is 22.8 Å². The highest BCUT2D eigenvalue weighted by atomic mass is 35.5. The number of nitrogens with zero attached hydrogens (tertiary/aromatic N) is 1. The molecule has 1 fully saturated rings. The third kappa shape index (κ3) is 4.83. The second kappa shape index (κ2) is 9.43. The SMILES string of the molecule is CCOC(=O)NC(=O)c1ccsc1NC(=O)C1CCCN1S(=O)(=O)c1ccc(Cl)s1. The van der Waals surface area contributed by atoms with Gasteiger partial charge in [-0.15, -0.1) is 22.7 Å². The highest BCUT2D eigenvalue weighted by Gasteiger charge is 2.40. The lowest BCUT2D eigenvalue weighted by Gasteiger charge is -2.22. The number of halogens is 1. The van der Waals surface area contributed by atoms with Crippen molar-refractivity contribution in [3.05, 3.63) is 33.5 Å². The number of sulfonamides is 1. The lowest BCUT2D eigenvalue weighted by atomic mass is 10.2. The van der Waals surface area contributed by atoms with E-state index in [1.54, 1.807) is 12.3 Å². The van der Waals surface area contributed by atoms with Gasteiger partial charge in [0.15, 0.2) is 0 Å². The van der Waals surface area contributed by atoms with Crippen LogP contribution in [0.15, 0.2) is 27.8 Å². The summed E-state index contributed by atoms with van der Waals surface area (Å²) in [5.74, 6) is -1.28. The van der Waals surface area contributed by atoms with Crippen molar-refractivity contribution in [2.24, 2.45) is 0 Å². The van der Waals surface area contributed by atoms with Crippen LogP contribution < -0.4 is 10.6 Å². The summed E-state index contributed by atoms with van der Waals surface area (Å²) in [4.78, 5) is 36.6. The van der Waals surface area contributed by atoms with Crippen LogP contribution >= 0.6 is 34.3 Å². The van der Waals surface area contributed by atoms with Gasteiger partial charge in [-0.05, 0) is 43.3 Å². The van der Waals surface area contributed by atoms with Gasteiger partial charge in [-0.2, -0.15) is 4.31 Å². The Morgan fingerprint density at radius 1 is 1.30 bits per heavy atom. The third-order valence-corrected chi connectivity index (χ3v) is 8.69. The Kier molecular flexibility index (Phi) is 7.14. The van der Waals surface area contributed by atoms with E-state index in [0.29, 0.717) is 17.2 Å². The van der Waals surface area contributed by atoms with Crippen LogP contribution in [0, 0.1) is 0 Å². The Bertz CT molecular complexity index is 1060. The van der Waals surface area contributed by atoms with Crippen LogP contribution in [0.1, 0.15) is 30.1 Å². The van der Waals surface area contributed by atoms with E-state index < -0.39 is 34.0 Å². The molecule has 1 atom stereocenters. The van der Waals surface area contributed by atoms with Crippen LogP contribution in [0.25, 0.3) is 0 Å². The molecule has 3 rings (SSSR count). The van der Waals surface area contributed by atoms with Gasteiger partial charge in [0.25, 0.3) is 15.9 Å². The molecule has 0 saturated carbocycles. The predicted octanol–water partition coefficient (Wildman–Crippen LogP) is 3.14. The monoisotopic (exact) mass is 491 g/mol. The van der Waals surface area contributed by atoms with Gasteiger partial charge in [-0.3, -0.25) is 14.9 Å². The number of imide groups is 1. The number of carbonyl (C=O) groups is 3. The fourth-order valence-electron chi connectivity index (χ4n) is 2.95. The first-order chi connectivity index (χ1) is 14.2. The smallest absolute Gasteiger partial charge is 0.414 e. The topological polar surface area (TPSA) is 122 Å². The molecule has 0 spiro atoms. The van der Waals surface area contributed by atoms with Crippen molar-refractivity contribution >= 4 is 67.2 Å². The minimum Gasteiger partial charge on any atom is -0.450 e. The zero-order chi connectivity index (χ0) is 21.9. The average Bonchev–Trinajstić information content (AvgIpc) is 3.42. The molecule has 0 aromatic carbocycles. The van der Waals surface area contributed by atoms with Gasteiger partial charge >= 0.3 is 6.09 Å². The molecule has 9 nitrogen and oxygen atoms in total. The predicted molar refractivity (Wildman–Crippen MR) is 114 cm³/mol. The Balaban J connectivity index is 1.74. The summed E-state index contributed by atoms with van der Waals surface area (Å²) < 4.78 is 32.0. The van der Waals surface area contributed by atoms with Crippen LogP contribution in [-0.2, 0) is 19.6 Å². The van der Waals surface area contributed by atoms with Gasteiger partial charge < -0.3 is 10.1 Å². The van der Waals surface area contributed by atoms with Crippen molar-refractivity contribution < 1.29 is 27.5 Å². The molecular formula is C17H18ClN3O6S3. The fourth-order valence-corrected chi connectivity index (χ4v) is 7.00. The minimum absolute atomic E-state index is 0.0674. The second-order valence-electron chi connectivity index (χ2n) is 6.16. The molecule has 2 N–H and O–H groups in total. The summed E-state index contributed by atoms with van der Waals surface area (Å²) >= 11 is 7.87. The Labute approximate surface area is 186 Å². The van der Waals surface area contributed by atoms with Crippen LogP contribution in [-0.4, -0.2) is 49.8 Å². The number of carbonyl (C=O) groups excluding carboxylic acids is 3. The maximum atomic E-state index is 12.9. The molecule has 30 heavy (non-hydrogen) atoms. The number of anilines is 1. The number of amides is 3. The average molecular weight is 492 g/mol. The third-order valence-electron chi connectivity index (χ3n) is 4.26. The summed E-state index contributed by atoms with van der Waals surface area (Å²) in [7, 11) is -3.87. The molecule has 2 aromatic rings. The van der Waals surface area contributed by atoms with Gasteiger partial charge in [0, 0.05) is 6.54 Å². The first kappa shape index (κ1) is 22.7. The molecule has 1 saturated heterocycles. The van der Waals surface area contributed by atoms with E-state index >= 15 is 0 Å². The maximum absolute atomic E-state index is 12.9. The minimum atomic E-state index is -3.87. The molecule has 0 radical (unpaired) electrons. The van der Waals surface area contributed by atoms with Crippen LogP contribution in [0.4, 0.5) is 9.80 Å². The van der Waals surface area contributed by atoms with Gasteiger partial charge in [0.05, 0.1) is 16.5 Å². The number of thiophene rings is 2. The quantitative estimate of drug-likeness (QED) is 0.640. The summed E-state index contributed by atoms with van der Waals surface area (Å²) in [5, 5.41) is 6.47. The molecule has 13 heteroatoms. The Morgan fingerprint density at radius 3 is 2.73 bits per heavy atom. The summed E-state index contributed by atoms with van der Waals surface area (Å²) in [6.45, 7) is 1.91. The molecule has 162 valence electrons. The molecule has 0 aliphatic carbocycles. The number of rotatable bonds is 6. The van der Waals surface area contributed by atoms with Crippen molar-refractivity contribution in [3.63, 3.8) is 0 Å². The van der Waals surface area contributed by atoms with Crippen molar-refractivity contribution in [1.29, 1.82) is 0 Å². The van der Waals surface area contributed by atoms with Crippen molar-refractivity contribution in [3.8, 4) is 0 Å². The second-order valence-corrected chi connectivity index (χ2v) is 10.9. The van der Waals surface area contributed by atoms with Gasteiger partial charge in [0.1, 0.15) is 15.3 Å². The number of ether oxygens (including phenoxy) is 1. The molecule has 1 unspecified atom stereocenters. The van der Waals surface area contributed by atoms with E-state index in [-0.39, 0.29) is 27.9 Å². The summed E-state index contributed by atoms with van der Waals surface area (Å²) in [6.07, 6.45) is -0.0228. The number of alkyl carbamates (subject to hydrolysis) is 1. The fraction of sp³-hybridized carbons (Fsp3) is 0.353. The van der Waals surface area contributed by atoms with Crippen LogP contribution in [0.3, 0.4) is 0 Å². The zero-order valence-corrected chi connectivity index (χ0v) is 18.9. The van der Waals surface area contributed by atoms with E-state index in [1.165, 1.54) is 18.2 Å². The Hall–Kier alpha value is -1.99. The molecule has 3 amide bonds. The maximum Gasteiger partial charge on any atom is 0.414 e. The standard InChI is InChI=1S/C17H18ClN3O6S3/c1-2-27-17(24)20-14(22)10-7-9-28-16(10)19-15(23)11-4-3-8-21(11)30(25,26)13-6-5-12(18)29-13/h5-7,9,11H,2-4,8H2,1H3,(H,19,23)(H,20,22,24). The number of hydrogen-bond donors (Lipinski definition) is 2. The molecule has 0 bridgehead atoms. The molecular weight excluding hydrogens is 474 g/mol. The molecule has 1 aliphatic rings. The van der Waals surface area contributed by atoms with Crippen molar-refractivity contribution in [2.75, 3.05) is 18.5 Å². The van der Waals surface area contributed by atoms with E-state index in [0.717, 1.165) is 27.0 Å². The van der Waals surface area contributed by atoms with Crippen molar-refractivity contribution in [1.82, 2.24) is 9.62 Å². The van der Waals surface area contributed by atoms with Gasteiger partial charge in [-0.25, -0.2) is 13.2 Å². The molecule has 3 heterocycles. The lowest BCUT2D eigenvalue weighted by molar-refractivity contribution is -0.119. The van der Waals surface area contributed by atoms with E-state index in [2.05, 4.69) is 15.4 Å². The van der Waals surface area contributed by atoms with Crippen LogP contribution in [0.2, 0.25) is 4.34 Å². The van der Waals surface area contributed by atoms with E-state index in [1.807, 2.05) is 0 Å². The van der Waals surface area contributed by atoms with E-state index in [4.69, 9.17) is 11.6 Å². The summed E-state index contributed by atoms with van der Waals surface area (Å²) in [5.41, 5.74) is 0.0823. The highest BCUT2D eigenvalue weighted by molar-refractivity contribution is 7.91. The Morgan fingerprint density at radius 2 is 2.07 bits per heavy atom. The number of nitrogens with one attached hydrogen (secondary N) is 2. The van der Waals surface area contributed by atoms with Crippen LogP contribution in [0.5, 0.6) is 0 Å². The first-order valence-electron chi connectivity index (χ1n) is 8.87. The lowest BCUT2D eigenvalue weighted by Crippen LogP contribution is -2.43. The number of hydrogen-bond acceptors (Lipinski definition) is 8. The summed E-state index contributed by atoms with van der Waals surface area (Å²) in [6, 6.07) is 3.43.